The maximum atomic E-state index is 12.7. The predicted octanol–water partition coefficient (Wildman–Crippen LogP) is 3.16. The van der Waals surface area contributed by atoms with Crippen LogP contribution in [0.1, 0.15) is 55.3 Å². The third-order valence-corrected chi connectivity index (χ3v) is 7.13. The molecular weight excluding hydrogens is 378 g/mol. The number of fused-ring (bicyclic) bond motifs is 1. The van der Waals surface area contributed by atoms with Crippen LogP contribution in [-0.2, 0) is 9.53 Å². The summed E-state index contributed by atoms with van der Waals surface area (Å²) >= 11 is 6.03. The van der Waals surface area contributed by atoms with Crippen molar-refractivity contribution in [2.24, 2.45) is 5.92 Å². The molecule has 1 unspecified atom stereocenters. The third kappa shape index (κ3) is 3.07. The normalized spacial score (nSPS) is 29.0. The van der Waals surface area contributed by atoms with Crippen LogP contribution in [0.4, 0.5) is 5.69 Å². The second-order valence-corrected chi connectivity index (χ2v) is 9.24. The first kappa shape index (κ1) is 18.3. The standard InChI is InChI=1S/C21H26ClN3O3/c22-15-5-6-17-16(11-15)18(26)24-21(23-17)12-20(28-13-21)7-9-25(10-8-20)19(27)14-3-1-2-4-14/h5-6,11,14,23H,1-4,7-10,12-13H2,(H,24,26). The molecular formula is C21H26ClN3O3. The first-order chi connectivity index (χ1) is 13.5. The summed E-state index contributed by atoms with van der Waals surface area (Å²) in [4.78, 5) is 27.4. The van der Waals surface area contributed by atoms with Crippen LogP contribution >= 0.6 is 11.6 Å². The van der Waals surface area contributed by atoms with Crippen LogP contribution in [0.25, 0.3) is 0 Å². The molecule has 6 nitrogen and oxygen atoms in total. The lowest BCUT2D eigenvalue weighted by atomic mass is 9.84. The number of halogens is 1. The summed E-state index contributed by atoms with van der Waals surface area (Å²) in [7, 11) is 0. The molecule has 1 aromatic rings. The molecule has 1 saturated carbocycles. The molecule has 5 rings (SSSR count). The average Bonchev–Trinajstić information content (AvgIpc) is 3.32. The summed E-state index contributed by atoms with van der Waals surface area (Å²) in [5.74, 6) is 0.438. The van der Waals surface area contributed by atoms with Gasteiger partial charge >= 0.3 is 0 Å². The van der Waals surface area contributed by atoms with Gasteiger partial charge in [0.2, 0.25) is 5.91 Å². The fourth-order valence-corrected chi connectivity index (χ4v) is 5.53. The van der Waals surface area contributed by atoms with E-state index < -0.39 is 5.66 Å². The minimum atomic E-state index is -0.588. The van der Waals surface area contributed by atoms with E-state index in [9.17, 15) is 9.59 Å². The molecule has 2 saturated heterocycles. The largest absolute Gasteiger partial charge is 0.370 e. The summed E-state index contributed by atoms with van der Waals surface area (Å²) in [6.45, 7) is 1.91. The Kier molecular flexibility index (Phi) is 4.32. The van der Waals surface area contributed by atoms with Crippen LogP contribution in [0.3, 0.4) is 0 Å². The van der Waals surface area contributed by atoms with Crippen LogP contribution in [0, 0.1) is 5.92 Å². The predicted molar refractivity (Wildman–Crippen MR) is 106 cm³/mol. The Morgan fingerprint density at radius 2 is 1.93 bits per heavy atom. The fraction of sp³-hybridized carbons (Fsp3) is 0.619. The van der Waals surface area contributed by atoms with Gasteiger partial charge in [-0.2, -0.15) is 0 Å². The molecule has 4 aliphatic rings. The van der Waals surface area contributed by atoms with Gasteiger partial charge in [-0.05, 0) is 43.9 Å². The van der Waals surface area contributed by atoms with E-state index in [0.717, 1.165) is 44.5 Å². The molecule has 150 valence electrons. The monoisotopic (exact) mass is 403 g/mol. The Bertz CT molecular complexity index is 815. The molecule has 2 amide bonds. The zero-order valence-electron chi connectivity index (χ0n) is 15.9. The SMILES string of the molecule is O=C1NC2(COC3(CCN(C(=O)C4CCCC4)CC3)C2)Nc2ccc(Cl)cc21. The fourth-order valence-electron chi connectivity index (χ4n) is 5.36. The van der Waals surface area contributed by atoms with Crippen molar-refractivity contribution in [2.75, 3.05) is 25.0 Å². The number of likely N-dealkylation sites (tertiary alicyclic amines) is 1. The molecule has 0 radical (unpaired) electrons. The number of hydrogen-bond acceptors (Lipinski definition) is 4. The van der Waals surface area contributed by atoms with Gasteiger partial charge in [-0.15, -0.1) is 0 Å². The smallest absolute Gasteiger partial charge is 0.255 e. The molecule has 2 N–H and O–H groups in total. The molecule has 3 aliphatic heterocycles. The molecule has 28 heavy (non-hydrogen) atoms. The highest BCUT2D eigenvalue weighted by Crippen LogP contribution is 2.43. The maximum Gasteiger partial charge on any atom is 0.255 e. The summed E-state index contributed by atoms with van der Waals surface area (Å²) in [6.07, 6.45) is 6.78. The molecule has 2 spiro atoms. The number of carbonyl (C=O) groups excluding carboxylic acids is 2. The summed E-state index contributed by atoms with van der Waals surface area (Å²) in [5, 5.41) is 7.14. The summed E-state index contributed by atoms with van der Waals surface area (Å²) in [5.41, 5.74) is 0.491. The number of piperidine rings is 1. The van der Waals surface area contributed by atoms with Gasteiger partial charge in [0, 0.05) is 36.1 Å². The molecule has 1 atom stereocenters. The topological polar surface area (TPSA) is 70.7 Å². The van der Waals surface area contributed by atoms with Crippen LogP contribution in [0.2, 0.25) is 5.02 Å². The van der Waals surface area contributed by atoms with Gasteiger partial charge in [0.1, 0.15) is 5.66 Å². The molecule has 3 fully saturated rings. The highest BCUT2D eigenvalue weighted by molar-refractivity contribution is 6.31. The van der Waals surface area contributed by atoms with Gasteiger partial charge in [0.05, 0.1) is 17.8 Å². The first-order valence-corrected chi connectivity index (χ1v) is 10.7. The van der Waals surface area contributed by atoms with E-state index in [4.69, 9.17) is 16.3 Å². The van der Waals surface area contributed by atoms with E-state index in [0.29, 0.717) is 29.5 Å². The Labute approximate surface area is 169 Å². The minimum absolute atomic E-state index is 0.120. The Morgan fingerprint density at radius 3 is 2.68 bits per heavy atom. The van der Waals surface area contributed by atoms with Gasteiger partial charge in [-0.3, -0.25) is 9.59 Å². The van der Waals surface area contributed by atoms with Crippen molar-refractivity contribution in [3.63, 3.8) is 0 Å². The average molecular weight is 404 g/mol. The van der Waals surface area contributed by atoms with Crippen LogP contribution in [-0.4, -0.2) is 47.7 Å². The van der Waals surface area contributed by atoms with E-state index in [1.54, 1.807) is 12.1 Å². The molecule has 7 heteroatoms. The van der Waals surface area contributed by atoms with Crippen molar-refractivity contribution in [2.45, 2.75) is 56.2 Å². The van der Waals surface area contributed by atoms with E-state index in [1.165, 1.54) is 12.8 Å². The lowest BCUT2D eigenvalue weighted by Gasteiger charge is -2.41. The molecule has 0 bridgehead atoms. The van der Waals surface area contributed by atoms with E-state index >= 15 is 0 Å². The van der Waals surface area contributed by atoms with Crippen LogP contribution in [0.15, 0.2) is 18.2 Å². The number of nitrogens with zero attached hydrogens (tertiary/aromatic N) is 1. The van der Waals surface area contributed by atoms with Gasteiger partial charge < -0.3 is 20.3 Å². The maximum absolute atomic E-state index is 12.7. The number of carbonyl (C=O) groups is 2. The summed E-state index contributed by atoms with van der Waals surface area (Å²) in [6, 6.07) is 5.33. The second-order valence-electron chi connectivity index (χ2n) is 8.81. The van der Waals surface area contributed by atoms with Crippen molar-refractivity contribution < 1.29 is 14.3 Å². The van der Waals surface area contributed by atoms with Crippen molar-refractivity contribution >= 4 is 29.1 Å². The molecule has 3 heterocycles. The number of amides is 2. The highest BCUT2D eigenvalue weighted by atomic mass is 35.5. The van der Waals surface area contributed by atoms with Crippen molar-refractivity contribution in [3.8, 4) is 0 Å². The Balaban J connectivity index is 1.27. The van der Waals surface area contributed by atoms with E-state index in [-0.39, 0.29) is 17.4 Å². The minimum Gasteiger partial charge on any atom is -0.370 e. The van der Waals surface area contributed by atoms with Gasteiger partial charge in [0.25, 0.3) is 5.91 Å². The van der Waals surface area contributed by atoms with Gasteiger partial charge in [-0.25, -0.2) is 0 Å². The molecule has 1 aliphatic carbocycles. The molecule has 0 aromatic heterocycles. The van der Waals surface area contributed by atoms with E-state index in [1.807, 2.05) is 11.0 Å². The lowest BCUT2D eigenvalue weighted by Crippen LogP contribution is -2.59. The Hall–Kier alpha value is -1.79. The van der Waals surface area contributed by atoms with E-state index in [2.05, 4.69) is 10.6 Å². The van der Waals surface area contributed by atoms with Crippen molar-refractivity contribution in [1.82, 2.24) is 10.2 Å². The first-order valence-electron chi connectivity index (χ1n) is 10.3. The number of hydrogen-bond donors (Lipinski definition) is 2. The molecule has 1 aromatic carbocycles. The Morgan fingerprint density at radius 1 is 1.18 bits per heavy atom. The van der Waals surface area contributed by atoms with Crippen LogP contribution in [0.5, 0.6) is 0 Å². The zero-order chi connectivity index (χ0) is 19.4. The highest BCUT2D eigenvalue weighted by Gasteiger charge is 2.53. The quantitative estimate of drug-likeness (QED) is 0.755. The van der Waals surface area contributed by atoms with Crippen molar-refractivity contribution in [3.05, 3.63) is 28.8 Å². The van der Waals surface area contributed by atoms with Crippen LogP contribution < -0.4 is 10.6 Å². The zero-order valence-corrected chi connectivity index (χ0v) is 16.7. The van der Waals surface area contributed by atoms with Gasteiger partial charge in [0.15, 0.2) is 0 Å². The third-order valence-electron chi connectivity index (χ3n) is 6.89. The number of nitrogens with one attached hydrogen (secondary N) is 2. The van der Waals surface area contributed by atoms with Crippen molar-refractivity contribution in [1.29, 1.82) is 0 Å². The lowest BCUT2D eigenvalue weighted by molar-refractivity contribution is -0.140. The number of benzene rings is 1. The number of ether oxygens (including phenoxy) is 1. The number of rotatable bonds is 1. The summed E-state index contributed by atoms with van der Waals surface area (Å²) < 4.78 is 6.27. The van der Waals surface area contributed by atoms with Gasteiger partial charge in [-0.1, -0.05) is 24.4 Å². The number of anilines is 1. The second kappa shape index (κ2) is 6.63.